The van der Waals surface area contributed by atoms with Crippen LogP contribution in [0.5, 0.6) is 0 Å². The fourth-order valence-electron chi connectivity index (χ4n) is 3.27. The molecule has 2 aliphatic rings. The maximum absolute atomic E-state index is 10.7. The molecule has 0 bridgehead atoms. The van der Waals surface area contributed by atoms with E-state index >= 15 is 0 Å². The molecule has 1 nitrogen and oxygen atoms in total. The third-order valence-corrected chi connectivity index (χ3v) is 4.16. The summed E-state index contributed by atoms with van der Waals surface area (Å²) in [5, 5.41) is 0. The van der Waals surface area contributed by atoms with E-state index < -0.39 is 0 Å². The molecular weight excluding hydrogens is 196 g/mol. The molecule has 0 aromatic heterocycles. The first-order chi connectivity index (χ1) is 7.70. The molecule has 0 spiro atoms. The van der Waals surface area contributed by atoms with Gasteiger partial charge < -0.3 is 0 Å². The second-order valence-corrected chi connectivity index (χ2v) is 5.60. The third-order valence-electron chi connectivity index (χ3n) is 4.16. The minimum Gasteiger partial charge on any atom is -0.298 e. The van der Waals surface area contributed by atoms with Gasteiger partial charge >= 0.3 is 0 Å². The van der Waals surface area contributed by atoms with Crippen LogP contribution in [0.2, 0.25) is 0 Å². The van der Waals surface area contributed by atoms with E-state index in [2.05, 4.69) is 19.9 Å². The summed E-state index contributed by atoms with van der Waals surface area (Å²) in [5.74, 6) is 2.23. The lowest BCUT2D eigenvalue weighted by Crippen LogP contribution is -2.20. The van der Waals surface area contributed by atoms with Crippen LogP contribution in [0, 0.1) is 17.8 Å². The van der Waals surface area contributed by atoms with Crippen molar-refractivity contribution >= 4 is 6.29 Å². The Hall–Kier alpha value is -0.850. The summed E-state index contributed by atoms with van der Waals surface area (Å²) in [7, 11) is 0. The Morgan fingerprint density at radius 2 is 2.06 bits per heavy atom. The van der Waals surface area contributed by atoms with E-state index in [0.29, 0.717) is 5.92 Å². The lowest BCUT2D eigenvalue weighted by molar-refractivity contribution is -0.105. The SMILES string of the molecule is CC1CCCC(C2=CC=C(C=O)CC2C)C1. The van der Waals surface area contributed by atoms with Gasteiger partial charge in [-0.2, -0.15) is 0 Å². The van der Waals surface area contributed by atoms with E-state index in [9.17, 15) is 4.79 Å². The van der Waals surface area contributed by atoms with E-state index in [1.165, 1.54) is 25.7 Å². The van der Waals surface area contributed by atoms with Crippen molar-refractivity contribution in [2.75, 3.05) is 0 Å². The van der Waals surface area contributed by atoms with E-state index in [4.69, 9.17) is 0 Å². The molecule has 2 aliphatic carbocycles. The highest BCUT2D eigenvalue weighted by molar-refractivity contribution is 5.74. The second-order valence-electron chi connectivity index (χ2n) is 5.60. The minimum atomic E-state index is 0.570. The molecule has 0 aromatic rings. The fraction of sp³-hybridized carbons (Fsp3) is 0.667. The zero-order valence-electron chi connectivity index (χ0n) is 10.4. The monoisotopic (exact) mass is 218 g/mol. The molecule has 3 atom stereocenters. The molecule has 1 heteroatoms. The number of hydrogen-bond acceptors (Lipinski definition) is 1. The maximum atomic E-state index is 10.7. The predicted molar refractivity (Wildman–Crippen MR) is 67.1 cm³/mol. The van der Waals surface area contributed by atoms with Gasteiger partial charge in [0.1, 0.15) is 6.29 Å². The normalized spacial score (nSPS) is 35.2. The van der Waals surface area contributed by atoms with E-state index in [0.717, 1.165) is 30.1 Å². The summed E-state index contributed by atoms with van der Waals surface area (Å²) in [5.41, 5.74) is 2.55. The van der Waals surface area contributed by atoms with E-state index in [1.807, 2.05) is 6.08 Å². The summed E-state index contributed by atoms with van der Waals surface area (Å²) in [6.45, 7) is 4.63. The maximum Gasteiger partial charge on any atom is 0.146 e. The first kappa shape index (κ1) is 11.6. The Morgan fingerprint density at radius 3 is 2.69 bits per heavy atom. The molecule has 16 heavy (non-hydrogen) atoms. The molecule has 0 saturated heterocycles. The molecular formula is C15H22O. The predicted octanol–water partition coefficient (Wildman–Crippen LogP) is 3.90. The van der Waals surface area contributed by atoms with Gasteiger partial charge in [0.2, 0.25) is 0 Å². The van der Waals surface area contributed by atoms with Crippen LogP contribution in [0.25, 0.3) is 0 Å². The topological polar surface area (TPSA) is 17.1 Å². The van der Waals surface area contributed by atoms with Crippen LogP contribution in [0.1, 0.15) is 46.0 Å². The average Bonchev–Trinajstić information content (AvgIpc) is 2.28. The molecule has 0 radical (unpaired) electrons. The largest absolute Gasteiger partial charge is 0.298 e. The van der Waals surface area contributed by atoms with Gasteiger partial charge in [0, 0.05) is 0 Å². The number of carbonyl (C=O) groups excluding carboxylic acids is 1. The number of aldehydes is 1. The molecule has 2 rings (SSSR count). The van der Waals surface area contributed by atoms with Crippen molar-refractivity contribution < 1.29 is 4.79 Å². The lowest BCUT2D eigenvalue weighted by Gasteiger charge is -2.33. The van der Waals surface area contributed by atoms with Crippen molar-refractivity contribution in [1.82, 2.24) is 0 Å². The van der Waals surface area contributed by atoms with E-state index in [-0.39, 0.29) is 0 Å². The van der Waals surface area contributed by atoms with Crippen LogP contribution in [0.15, 0.2) is 23.3 Å². The summed E-state index contributed by atoms with van der Waals surface area (Å²) in [4.78, 5) is 10.7. The Morgan fingerprint density at radius 1 is 1.25 bits per heavy atom. The zero-order valence-corrected chi connectivity index (χ0v) is 10.4. The highest BCUT2D eigenvalue weighted by Gasteiger charge is 2.26. The molecule has 0 N–H and O–H groups in total. The number of rotatable bonds is 2. The molecule has 1 saturated carbocycles. The minimum absolute atomic E-state index is 0.570. The van der Waals surface area contributed by atoms with Gasteiger partial charge in [-0.25, -0.2) is 0 Å². The van der Waals surface area contributed by atoms with Gasteiger partial charge in [-0.3, -0.25) is 4.79 Å². The number of allylic oxidation sites excluding steroid dienone is 4. The van der Waals surface area contributed by atoms with Gasteiger partial charge in [0.15, 0.2) is 0 Å². The number of hydrogen-bond donors (Lipinski definition) is 0. The van der Waals surface area contributed by atoms with Crippen LogP contribution >= 0.6 is 0 Å². The van der Waals surface area contributed by atoms with Gasteiger partial charge in [-0.05, 0) is 42.6 Å². The quantitative estimate of drug-likeness (QED) is 0.642. The standard InChI is InChI=1S/C15H22O/c1-11-4-3-5-14(8-11)15-7-6-13(10-16)9-12(15)2/h6-7,10-12,14H,3-5,8-9H2,1-2H3. The average molecular weight is 218 g/mol. The summed E-state index contributed by atoms with van der Waals surface area (Å²) >= 11 is 0. The van der Waals surface area contributed by atoms with Crippen molar-refractivity contribution in [2.45, 2.75) is 46.0 Å². The fourth-order valence-corrected chi connectivity index (χ4v) is 3.27. The Balaban J connectivity index is 2.11. The van der Waals surface area contributed by atoms with E-state index in [1.54, 1.807) is 5.57 Å². The highest BCUT2D eigenvalue weighted by Crippen LogP contribution is 2.39. The van der Waals surface area contributed by atoms with Crippen molar-refractivity contribution in [3.8, 4) is 0 Å². The van der Waals surface area contributed by atoms with Crippen molar-refractivity contribution in [1.29, 1.82) is 0 Å². The molecule has 1 fully saturated rings. The molecule has 0 heterocycles. The zero-order chi connectivity index (χ0) is 11.5. The van der Waals surface area contributed by atoms with Crippen molar-refractivity contribution in [3.63, 3.8) is 0 Å². The Bertz CT molecular complexity index is 324. The van der Waals surface area contributed by atoms with Crippen LogP contribution in [-0.4, -0.2) is 6.29 Å². The molecule has 0 amide bonds. The summed E-state index contributed by atoms with van der Waals surface area (Å²) < 4.78 is 0. The van der Waals surface area contributed by atoms with Gasteiger partial charge in [-0.15, -0.1) is 0 Å². The van der Waals surface area contributed by atoms with Crippen LogP contribution in [-0.2, 0) is 4.79 Å². The Kier molecular flexibility index (Phi) is 3.63. The van der Waals surface area contributed by atoms with Crippen molar-refractivity contribution in [3.05, 3.63) is 23.3 Å². The smallest absolute Gasteiger partial charge is 0.146 e. The first-order valence-electron chi connectivity index (χ1n) is 6.56. The third kappa shape index (κ3) is 2.45. The molecule has 0 aromatic carbocycles. The molecule has 88 valence electrons. The number of carbonyl (C=O) groups is 1. The lowest BCUT2D eigenvalue weighted by atomic mass is 9.72. The van der Waals surface area contributed by atoms with Crippen LogP contribution in [0.4, 0.5) is 0 Å². The van der Waals surface area contributed by atoms with Gasteiger partial charge in [0.05, 0.1) is 0 Å². The van der Waals surface area contributed by atoms with Gasteiger partial charge in [-0.1, -0.05) is 44.4 Å². The second kappa shape index (κ2) is 4.99. The van der Waals surface area contributed by atoms with Crippen LogP contribution in [0.3, 0.4) is 0 Å². The molecule has 0 aliphatic heterocycles. The summed E-state index contributed by atoms with van der Waals surface area (Å²) in [6.07, 6.45) is 11.7. The van der Waals surface area contributed by atoms with Gasteiger partial charge in [0.25, 0.3) is 0 Å². The first-order valence-corrected chi connectivity index (χ1v) is 6.56. The van der Waals surface area contributed by atoms with Crippen molar-refractivity contribution in [2.24, 2.45) is 17.8 Å². The molecule has 3 unspecified atom stereocenters. The Labute approximate surface area is 98.6 Å². The van der Waals surface area contributed by atoms with Crippen LogP contribution < -0.4 is 0 Å². The highest BCUT2D eigenvalue weighted by atomic mass is 16.1. The summed E-state index contributed by atoms with van der Waals surface area (Å²) in [6, 6.07) is 0.